The second kappa shape index (κ2) is 6.08. The van der Waals surface area contributed by atoms with Crippen LogP contribution in [0.5, 0.6) is 0 Å². The number of benzene rings is 1. The van der Waals surface area contributed by atoms with Crippen molar-refractivity contribution in [3.8, 4) is 0 Å². The van der Waals surface area contributed by atoms with Crippen LogP contribution in [-0.2, 0) is 9.53 Å². The minimum absolute atomic E-state index is 0.337. The van der Waals surface area contributed by atoms with Crippen molar-refractivity contribution < 1.29 is 14.6 Å². The first-order valence-corrected chi connectivity index (χ1v) is 7.62. The molecule has 4 nitrogen and oxygen atoms in total. The van der Waals surface area contributed by atoms with Crippen LogP contribution in [-0.4, -0.2) is 36.4 Å². The molecule has 2 fully saturated rings. The maximum atomic E-state index is 10.6. The average molecular weight is 308 g/mol. The van der Waals surface area contributed by atoms with E-state index in [0.29, 0.717) is 17.2 Å². The Morgan fingerprint density at radius 1 is 1.43 bits per heavy atom. The number of halogens is 1. The van der Waals surface area contributed by atoms with Crippen LogP contribution in [0.25, 0.3) is 6.08 Å². The van der Waals surface area contributed by atoms with Gasteiger partial charge in [0.2, 0.25) is 0 Å². The largest absolute Gasteiger partial charge is 0.478 e. The lowest BCUT2D eigenvalue weighted by molar-refractivity contribution is -0.131. The molecule has 3 rings (SSSR count). The molecule has 0 spiro atoms. The van der Waals surface area contributed by atoms with E-state index < -0.39 is 5.97 Å². The van der Waals surface area contributed by atoms with Gasteiger partial charge >= 0.3 is 5.97 Å². The Kier molecular flexibility index (Phi) is 4.17. The lowest BCUT2D eigenvalue weighted by atomic mass is 10.1. The highest BCUT2D eigenvalue weighted by Crippen LogP contribution is 2.34. The van der Waals surface area contributed by atoms with Gasteiger partial charge in [0, 0.05) is 23.3 Å². The summed E-state index contributed by atoms with van der Waals surface area (Å²) < 4.78 is 5.82. The van der Waals surface area contributed by atoms with Gasteiger partial charge in [-0.05, 0) is 43.0 Å². The number of morpholine rings is 1. The molecule has 0 radical (unpaired) electrons. The molecule has 1 aliphatic heterocycles. The van der Waals surface area contributed by atoms with E-state index >= 15 is 0 Å². The molecular weight excluding hydrogens is 290 g/mol. The number of carboxylic acid groups (broad SMARTS) is 1. The zero-order valence-electron chi connectivity index (χ0n) is 11.7. The van der Waals surface area contributed by atoms with E-state index in [9.17, 15) is 4.79 Å². The quantitative estimate of drug-likeness (QED) is 0.871. The summed E-state index contributed by atoms with van der Waals surface area (Å²) in [4.78, 5) is 12.9. The molecule has 1 aliphatic carbocycles. The standard InChI is InChI=1S/C16H18ClNO3/c17-13-10-12(6-4-11(13)5-7-16(19)20)18-8-9-21-15-3-1-2-14(15)18/h4-7,10,14-15H,1-3,8-9H2,(H,19,20)/b7-5+. The third kappa shape index (κ3) is 3.06. The second-order valence-electron chi connectivity index (χ2n) is 5.48. The Morgan fingerprint density at radius 3 is 3.05 bits per heavy atom. The predicted octanol–water partition coefficient (Wildman–Crippen LogP) is 3.20. The van der Waals surface area contributed by atoms with Crippen molar-refractivity contribution in [2.75, 3.05) is 18.1 Å². The number of ether oxygens (including phenoxy) is 1. The number of fused-ring (bicyclic) bond motifs is 1. The zero-order valence-corrected chi connectivity index (χ0v) is 12.4. The highest BCUT2D eigenvalue weighted by atomic mass is 35.5. The van der Waals surface area contributed by atoms with Crippen LogP contribution in [0.3, 0.4) is 0 Å². The van der Waals surface area contributed by atoms with Crippen LogP contribution < -0.4 is 4.90 Å². The summed E-state index contributed by atoms with van der Waals surface area (Å²) in [5, 5.41) is 9.25. The minimum Gasteiger partial charge on any atom is -0.478 e. The van der Waals surface area contributed by atoms with Crippen LogP contribution in [0.2, 0.25) is 5.02 Å². The number of aliphatic carboxylic acids is 1. The molecule has 0 aromatic heterocycles. The predicted molar refractivity (Wildman–Crippen MR) is 82.8 cm³/mol. The normalized spacial score (nSPS) is 25.3. The maximum absolute atomic E-state index is 10.6. The van der Waals surface area contributed by atoms with Gasteiger partial charge in [0.15, 0.2) is 0 Å². The van der Waals surface area contributed by atoms with Gasteiger partial charge in [0.05, 0.1) is 18.8 Å². The lowest BCUT2D eigenvalue weighted by Gasteiger charge is -2.39. The number of rotatable bonds is 3. The first-order valence-electron chi connectivity index (χ1n) is 7.24. The number of carbonyl (C=O) groups is 1. The van der Waals surface area contributed by atoms with Crippen molar-refractivity contribution >= 4 is 29.3 Å². The Balaban J connectivity index is 1.82. The highest BCUT2D eigenvalue weighted by Gasteiger charge is 2.36. The van der Waals surface area contributed by atoms with E-state index in [1.165, 1.54) is 12.5 Å². The Labute approximate surface area is 129 Å². The Hall–Kier alpha value is -1.52. The van der Waals surface area contributed by atoms with Gasteiger partial charge in [0.1, 0.15) is 0 Å². The van der Waals surface area contributed by atoms with Crippen molar-refractivity contribution in [3.63, 3.8) is 0 Å². The van der Waals surface area contributed by atoms with Crippen LogP contribution in [0.15, 0.2) is 24.3 Å². The first-order chi connectivity index (χ1) is 10.1. The summed E-state index contributed by atoms with van der Waals surface area (Å²) in [6.45, 7) is 1.63. The van der Waals surface area contributed by atoms with Crippen molar-refractivity contribution in [2.45, 2.75) is 31.4 Å². The maximum Gasteiger partial charge on any atom is 0.328 e. The van der Waals surface area contributed by atoms with Crippen molar-refractivity contribution in [1.82, 2.24) is 0 Å². The number of carboxylic acids is 1. The van der Waals surface area contributed by atoms with Crippen LogP contribution in [0, 0.1) is 0 Å². The molecule has 21 heavy (non-hydrogen) atoms. The monoisotopic (exact) mass is 307 g/mol. The van der Waals surface area contributed by atoms with Crippen molar-refractivity contribution in [2.24, 2.45) is 0 Å². The number of hydrogen-bond donors (Lipinski definition) is 1. The number of nitrogens with zero attached hydrogens (tertiary/aromatic N) is 1. The summed E-state index contributed by atoms with van der Waals surface area (Å²) in [7, 11) is 0. The fourth-order valence-electron chi connectivity index (χ4n) is 3.24. The van der Waals surface area contributed by atoms with Gasteiger partial charge in [-0.25, -0.2) is 4.79 Å². The summed E-state index contributed by atoms with van der Waals surface area (Å²) in [6.07, 6.45) is 6.45. The summed E-state index contributed by atoms with van der Waals surface area (Å²) in [5.74, 6) is -0.975. The molecule has 0 bridgehead atoms. The molecule has 1 aromatic rings. The molecule has 112 valence electrons. The van der Waals surface area contributed by atoms with E-state index in [1.807, 2.05) is 18.2 Å². The smallest absolute Gasteiger partial charge is 0.328 e. The Morgan fingerprint density at radius 2 is 2.29 bits per heavy atom. The topological polar surface area (TPSA) is 49.8 Å². The van der Waals surface area contributed by atoms with Gasteiger partial charge in [0.25, 0.3) is 0 Å². The third-order valence-electron chi connectivity index (χ3n) is 4.20. The molecule has 1 heterocycles. The van der Waals surface area contributed by atoms with E-state index in [0.717, 1.165) is 43.3 Å². The first kappa shape index (κ1) is 14.4. The van der Waals surface area contributed by atoms with Gasteiger partial charge in [-0.1, -0.05) is 17.7 Å². The number of anilines is 1. The average Bonchev–Trinajstić information content (AvgIpc) is 2.94. The molecule has 2 aliphatic rings. The van der Waals surface area contributed by atoms with Crippen LogP contribution in [0.1, 0.15) is 24.8 Å². The zero-order chi connectivity index (χ0) is 14.8. The molecule has 1 saturated heterocycles. The minimum atomic E-state index is -0.975. The molecule has 2 unspecified atom stereocenters. The van der Waals surface area contributed by atoms with Gasteiger partial charge in [-0.3, -0.25) is 0 Å². The van der Waals surface area contributed by atoms with Gasteiger partial charge < -0.3 is 14.7 Å². The van der Waals surface area contributed by atoms with Crippen LogP contribution in [0.4, 0.5) is 5.69 Å². The highest BCUT2D eigenvalue weighted by molar-refractivity contribution is 6.32. The second-order valence-corrected chi connectivity index (χ2v) is 5.89. The molecule has 5 heteroatoms. The molecule has 2 atom stereocenters. The molecule has 0 amide bonds. The third-order valence-corrected chi connectivity index (χ3v) is 4.53. The molecule has 1 aromatic carbocycles. The van der Waals surface area contributed by atoms with E-state index in [-0.39, 0.29) is 0 Å². The fraction of sp³-hybridized carbons (Fsp3) is 0.438. The summed E-state index contributed by atoms with van der Waals surface area (Å²) >= 11 is 6.27. The lowest BCUT2D eigenvalue weighted by Crippen LogP contribution is -2.48. The molecular formula is C16H18ClNO3. The van der Waals surface area contributed by atoms with E-state index in [1.54, 1.807) is 0 Å². The number of hydrogen-bond acceptors (Lipinski definition) is 3. The van der Waals surface area contributed by atoms with Crippen LogP contribution >= 0.6 is 11.6 Å². The summed E-state index contributed by atoms with van der Waals surface area (Å²) in [5.41, 5.74) is 1.81. The fourth-order valence-corrected chi connectivity index (χ4v) is 3.47. The molecule has 1 saturated carbocycles. The Bertz CT molecular complexity index is 573. The van der Waals surface area contributed by atoms with E-state index in [4.69, 9.17) is 21.4 Å². The van der Waals surface area contributed by atoms with Crippen molar-refractivity contribution in [3.05, 3.63) is 34.9 Å². The van der Waals surface area contributed by atoms with Gasteiger partial charge in [-0.15, -0.1) is 0 Å². The van der Waals surface area contributed by atoms with Gasteiger partial charge in [-0.2, -0.15) is 0 Å². The summed E-state index contributed by atoms with van der Waals surface area (Å²) in [6, 6.07) is 6.24. The molecule has 1 N–H and O–H groups in total. The SMILES string of the molecule is O=C(O)/C=C/c1ccc(N2CCOC3CCCC32)cc1Cl. The van der Waals surface area contributed by atoms with E-state index in [2.05, 4.69) is 4.90 Å². The van der Waals surface area contributed by atoms with Crippen molar-refractivity contribution in [1.29, 1.82) is 0 Å².